The van der Waals surface area contributed by atoms with Crippen LogP contribution in [0.15, 0.2) is 24.3 Å². The van der Waals surface area contributed by atoms with Gasteiger partial charge in [-0.25, -0.2) is 0 Å². The average Bonchev–Trinajstić information content (AvgIpc) is 2.33. The van der Waals surface area contributed by atoms with Crippen LogP contribution >= 0.6 is 0 Å². The van der Waals surface area contributed by atoms with Crippen molar-refractivity contribution in [2.45, 2.75) is 39.7 Å². The van der Waals surface area contributed by atoms with E-state index >= 15 is 0 Å². The molecule has 0 fully saturated rings. The highest BCUT2D eigenvalue weighted by Crippen LogP contribution is 2.24. The van der Waals surface area contributed by atoms with E-state index in [1.165, 1.54) is 5.56 Å². The molecule has 1 aromatic rings. The van der Waals surface area contributed by atoms with E-state index in [0.29, 0.717) is 6.04 Å². The third-order valence-corrected chi connectivity index (χ3v) is 2.55. The number of para-hydroxylation sites is 1. The largest absolute Gasteiger partial charge is 0.493 e. The second-order valence-corrected chi connectivity index (χ2v) is 4.06. The monoisotopic (exact) mass is 221 g/mol. The lowest BCUT2D eigenvalue weighted by Gasteiger charge is -2.17. The molecule has 0 spiro atoms. The Bertz CT molecular complexity index is 299. The summed E-state index contributed by atoms with van der Waals surface area (Å²) in [7, 11) is 0. The number of rotatable bonds is 7. The van der Waals surface area contributed by atoms with Crippen LogP contribution in [0.1, 0.15) is 45.2 Å². The fourth-order valence-electron chi connectivity index (χ4n) is 1.65. The Labute approximate surface area is 99.0 Å². The van der Waals surface area contributed by atoms with Crippen LogP contribution in [0.4, 0.5) is 0 Å². The van der Waals surface area contributed by atoms with Crippen LogP contribution in [0.3, 0.4) is 0 Å². The van der Waals surface area contributed by atoms with Gasteiger partial charge in [-0.05, 0) is 32.4 Å². The first-order valence-electron chi connectivity index (χ1n) is 6.24. The predicted octanol–water partition coefficient (Wildman–Crippen LogP) is 3.54. The number of benzene rings is 1. The third-order valence-electron chi connectivity index (χ3n) is 2.55. The van der Waals surface area contributed by atoms with Crippen LogP contribution in [-0.4, -0.2) is 13.2 Å². The molecule has 0 bridgehead atoms. The van der Waals surface area contributed by atoms with Crippen LogP contribution < -0.4 is 10.1 Å². The maximum Gasteiger partial charge on any atom is 0.124 e. The fourth-order valence-corrected chi connectivity index (χ4v) is 1.65. The maximum absolute atomic E-state index is 5.75. The molecule has 1 rings (SSSR count). The summed E-state index contributed by atoms with van der Waals surface area (Å²) in [6.45, 7) is 8.32. The van der Waals surface area contributed by atoms with Gasteiger partial charge in [0.1, 0.15) is 5.75 Å². The summed E-state index contributed by atoms with van der Waals surface area (Å²) >= 11 is 0. The molecule has 2 nitrogen and oxygen atoms in total. The Balaban J connectivity index is 2.68. The van der Waals surface area contributed by atoms with E-state index in [9.17, 15) is 0 Å². The van der Waals surface area contributed by atoms with Crippen molar-refractivity contribution in [3.05, 3.63) is 29.8 Å². The highest BCUT2D eigenvalue weighted by Gasteiger charge is 2.09. The SMILES string of the molecule is CCCNC(C)c1ccccc1OCCC. The molecule has 1 unspecified atom stereocenters. The van der Waals surface area contributed by atoms with Crippen molar-refractivity contribution in [1.82, 2.24) is 5.32 Å². The minimum Gasteiger partial charge on any atom is -0.493 e. The molecule has 0 amide bonds. The van der Waals surface area contributed by atoms with Gasteiger partial charge < -0.3 is 10.1 Å². The van der Waals surface area contributed by atoms with Crippen LogP contribution in [0.5, 0.6) is 5.75 Å². The standard InChI is InChI=1S/C14H23NO/c1-4-10-15-12(3)13-8-6-7-9-14(13)16-11-5-2/h6-9,12,15H,4-5,10-11H2,1-3H3. The molecule has 16 heavy (non-hydrogen) atoms. The summed E-state index contributed by atoms with van der Waals surface area (Å²) in [5.41, 5.74) is 1.25. The molecule has 0 saturated carbocycles. The summed E-state index contributed by atoms with van der Waals surface area (Å²) in [6, 6.07) is 8.64. The molecule has 0 radical (unpaired) electrons. The van der Waals surface area contributed by atoms with E-state index in [1.807, 2.05) is 6.07 Å². The van der Waals surface area contributed by atoms with E-state index in [2.05, 4.69) is 44.3 Å². The smallest absolute Gasteiger partial charge is 0.124 e. The molecule has 0 heterocycles. The van der Waals surface area contributed by atoms with Gasteiger partial charge in [0.15, 0.2) is 0 Å². The minimum absolute atomic E-state index is 0.355. The van der Waals surface area contributed by atoms with Crippen LogP contribution in [0, 0.1) is 0 Å². The van der Waals surface area contributed by atoms with E-state index in [1.54, 1.807) is 0 Å². The van der Waals surface area contributed by atoms with Gasteiger partial charge in [-0.3, -0.25) is 0 Å². The minimum atomic E-state index is 0.355. The second kappa shape index (κ2) is 7.29. The van der Waals surface area contributed by atoms with E-state index in [0.717, 1.165) is 31.7 Å². The van der Waals surface area contributed by atoms with E-state index < -0.39 is 0 Å². The second-order valence-electron chi connectivity index (χ2n) is 4.06. The molecule has 0 aliphatic carbocycles. The Kier molecular flexibility index (Phi) is 5.94. The van der Waals surface area contributed by atoms with Crippen molar-refractivity contribution < 1.29 is 4.74 Å². The molecule has 90 valence electrons. The third kappa shape index (κ3) is 3.86. The number of ether oxygens (including phenoxy) is 1. The van der Waals surface area contributed by atoms with Gasteiger partial charge in [-0.1, -0.05) is 32.0 Å². The van der Waals surface area contributed by atoms with E-state index in [4.69, 9.17) is 4.74 Å². The topological polar surface area (TPSA) is 21.3 Å². The van der Waals surface area contributed by atoms with Crippen LogP contribution in [-0.2, 0) is 0 Å². The summed E-state index contributed by atoms with van der Waals surface area (Å²) in [5.74, 6) is 1.01. The predicted molar refractivity (Wildman–Crippen MR) is 68.9 cm³/mol. The summed E-state index contributed by atoms with van der Waals surface area (Å²) in [5, 5.41) is 3.49. The normalized spacial score (nSPS) is 12.4. The average molecular weight is 221 g/mol. The Morgan fingerprint density at radius 1 is 1.19 bits per heavy atom. The lowest BCUT2D eigenvalue weighted by Crippen LogP contribution is -2.20. The molecule has 0 saturated heterocycles. The first-order valence-corrected chi connectivity index (χ1v) is 6.24. The zero-order chi connectivity index (χ0) is 11.8. The molecule has 0 aromatic heterocycles. The van der Waals surface area contributed by atoms with E-state index in [-0.39, 0.29) is 0 Å². The first-order chi connectivity index (χ1) is 7.79. The maximum atomic E-state index is 5.75. The van der Waals surface area contributed by atoms with Crippen LogP contribution in [0.25, 0.3) is 0 Å². The lowest BCUT2D eigenvalue weighted by molar-refractivity contribution is 0.311. The lowest BCUT2D eigenvalue weighted by atomic mass is 10.1. The van der Waals surface area contributed by atoms with Gasteiger partial charge in [0, 0.05) is 11.6 Å². The zero-order valence-electron chi connectivity index (χ0n) is 10.6. The molecular formula is C14H23NO. The van der Waals surface area contributed by atoms with Crippen molar-refractivity contribution in [2.75, 3.05) is 13.2 Å². The number of nitrogens with one attached hydrogen (secondary N) is 1. The van der Waals surface area contributed by atoms with Gasteiger partial charge in [-0.2, -0.15) is 0 Å². The molecule has 2 heteroatoms. The quantitative estimate of drug-likeness (QED) is 0.760. The van der Waals surface area contributed by atoms with Gasteiger partial charge in [-0.15, -0.1) is 0 Å². The van der Waals surface area contributed by atoms with Gasteiger partial charge >= 0.3 is 0 Å². The zero-order valence-corrected chi connectivity index (χ0v) is 10.6. The Hall–Kier alpha value is -1.02. The molecular weight excluding hydrogens is 198 g/mol. The highest BCUT2D eigenvalue weighted by atomic mass is 16.5. The van der Waals surface area contributed by atoms with Crippen LogP contribution in [0.2, 0.25) is 0 Å². The van der Waals surface area contributed by atoms with Gasteiger partial charge in [0.05, 0.1) is 6.61 Å². The van der Waals surface area contributed by atoms with Crippen molar-refractivity contribution in [3.63, 3.8) is 0 Å². The molecule has 1 atom stereocenters. The van der Waals surface area contributed by atoms with Crippen molar-refractivity contribution in [3.8, 4) is 5.75 Å². The first kappa shape index (κ1) is 13.0. The Morgan fingerprint density at radius 2 is 1.94 bits per heavy atom. The summed E-state index contributed by atoms with van der Waals surface area (Å²) in [6.07, 6.45) is 2.20. The highest BCUT2D eigenvalue weighted by molar-refractivity contribution is 5.35. The summed E-state index contributed by atoms with van der Waals surface area (Å²) in [4.78, 5) is 0. The van der Waals surface area contributed by atoms with Gasteiger partial charge in [0.2, 0.25) is 0 Å². The number of hydrogen-bond donors (Lipinski definition) is 1. The van der Waals surface area contributed by atoms with Gasteiger partial charge in [0.25, 0.3) is 0 Å². The summed E-state index contributed by atoms with van der Waals surface area (Å²) < 4.78 is 5.75. The van der Waals surface area contributed by atoms with Crippen molar-refractivity contribution in [1.29, 1.82) is 0 Å². The molecule has 1 N–H and O–H groups in total. The number of hydrogen-bond acceptors (Lipinski definition) is 2. The fraction of sp³-hybridized carbons (Fsp3) is 0.571. The molecule has 0 aliphatic heterocycles. The Morgan fingerprint density at radius 3 is 2.62 bits per heavy atom. The molecule has 0 aliphatic rings. The molecule has 1 aromatic carbocycles. The van der Waals surface area contributed by atoms with Crippen molar-refractivity contribution >= 4 is 0 Å². The van der Waals surface area contributed by atoms with Crippen molar-refractivity contribution in [2.24, 2.45) is 0 Å².